The number of halogens is 1. The van der Waals surface area contributed by atoms with E-state index in [-0.39, 0.29) is 0 Å². The minimum Gasteiger partial charge on any atom is -0.444 e. The first-order valence-corrected chi connectivity index (χ1v) is 6.28. The van der Waals surface area contributed by atoms with Crippen molar-refractivity contribution in [3.63, 3.8) is 0 Å². The largest absolute Gasteiger partial charge is 0.444 e. The van der Waals surface area contributed by atoms with Crippen molar-refractivity contribution < 1.29 is 9.53 Å². The van der Waals surface area contributed by atoms with E-state index in [2.05, 4.69) is 10.3 Å². The van der Waals surface area contributed by atoms with Gasteiger partial charge >= 0.3 is 6.09 Å². The van der Waals surface area contributed by atoms with Crippen molar-refractivity contribution in [1.29, 1.82) is 0 Å². The van der Waals surface area contributed by atoms with Gasteiger partial charge in [-0.2, -0.15) is 0 Å². The molecule has 4 nitrogen and oxygen atoms in total. The molecule has 0 aliphatic rings. The van der Waals surface area contributed by atoms with Crippen LogP contribution in [0.5, 0.6) is 0 Å². The van der Waals surface area contributed by atoms with Gasteiger partial charge in [-0.05, 0) is 33.8 Å². The Morgan fingerprint density at radius 2 is 1.94 bits per heavy atom. The number of hydrogen-bond donors (Lipinski definition) is 1. The minimum absolute atomic E-state index is 0.418. The van der Waals surface area contributed by atoms with E-state index in [0.717, 1.165) is 5.56 Å². The zero-order valence-corrected chi connectivity index (χ0v) is 12.6. The Hall–Kier alpha value is -1.29. The smallest absolute Gasteiger partial charge is 0.413 e. The fourth-order valence-electron chi connectivity index (χ4n) is 1.04. The van der Waals surface area contributed by atoms with Gasteiger partial charge < -0.3 is 4.74 Å². The Kier molecular flexibility index (Phi) is 6.70. The van der Waals surface area contributed by atoms with Crippen LogP contribution in [0.3, 0.4) is 0 Å². The highest BCUT2D eigenvalue weighted by molar-refractivity contribution is 6.31. The van der Waals surface area contributed by atoms with Crippen LogP contribution in [0, 0.1) is 6.92 Å². The minimum atomic E-state index is -0.537. The monoisotopic (exact) mass is 272 g/mol. The Morgan fingerprint density at radius 1 is 1.39 bits per heavy atom. The number of carbonyl (C=O) groups excluding carboxylic acids is 1. The van der Waals surface area contributed by atoms with Crippen molar-refractivity contribution in [2.45, 2.75) is 47.1 Å². The van der Waals surface area contributed by atoms with Gasteiger partial charge in [0.2, 0.25) is 0 Å². The molecule has 0 atom stereocenters. The molecule has 1 rings (SSSR count). The number of nitrogens with one attached hydrogen (secondary N) is 1. The van der Waals surface area contributed by atoms with Gasteiger partial charge in [0.1, 0.15) is 11.4 Å². The van der Waals surface area contributed by atoms with Gasteiger partial charge in [-0.1, -0.05) is 25.4 Å². The number of hydrogen-bond acceptors (Lipinski definition) is 3. The van der Waals surface area contributed by atoms with Crippen LogP contribution >= 0.6 is 11.6 Å². The van der Waals surface area contributed by atoms with Gasteiger partial charge in [-0.15, -0.1) is 0 Å². The average molecular weight is 273 g/mol. The summed E-state index contributed by atoms with van der Waals surface area (Å²) in [5.41, 5.74) is 0.186. The quantitative estimate of drug-likeness (QED) is 0.823. The molecule has 0 radical (unpaired) electrons. The number of amides is 1. The lowest BCUT2D eigenvalue weighted by atomic mass is 10.2. The van der Waals surface area contributed by atoms with Crippen molar-refractivity contribution in [2.75, 3.05) is 5.32 Å². The maximum Gasteiger partial charge on any atom is 0.413 e. The van der Waals surface area contributed by atoms with Crippen LogP contribution in [0.15, 0.2) is 12.3 Å². The van der Waals surface area contributed by atoms with Crippen LogP contribution in [0.2, 0.25) is 5.02 Å². The molecular formula is C13H21ClN2O2. The number of anilines is 1. The molecule has 0 saturated carbocycles. The lowest BCUT2D eigenvalue weighted by molar-refractivity contribution is 0.0635. The van der Waals surface area contributed by atoms with Gasteiger partial charge in [-0.25, -0.2) is 9.78 Å². The summed E-state index contributed by atoms with van der Waals surface area (Å²) in [7, 11) is 0. The summed E-state index contributed by atoms with van der Waals surface area (Å²) in [5, 5.41) is 3.11. The van der Waals surface area contributed by atoms with Crippen LogP contribution in [-0.4, -0.2) is 16.7 Å². The first-order valence-electron chi connectivity index (χ1n) is 5.91. The van der Waals surface area contributed by atoms with Crippen molar-refractivity contribution in [3.8, 4) is 0 Å². The summed E-state index contributed by atoms with van der Waals surface area (Å²) in [4.78, 5) is 15.5. The van der Waals surface area contributed by atoms with E-state index in [9.17, 15) is 4.79 Å². The summed E-state index contributed by atoms with van der Waals surface area (Å²) in [6, 6.07) is 1.66. The van der Waals surface area contributed by atoms with Crippen molar-refractivity contribution >= 4 is 23.5 Å². The molecule has 1 N–H and O–H groups in total. The zero-order valence-electron chi connectivity index (χ0n) is 11.8. The van der Waals surface area contributed by atoms with Crippen LogP contribution in [0.25, 0.3) is 0 Å². The summed E-state index contributed by atoms with van der Waals surface area (Å²) in [6.07, 6.45) is 0.993. The lowest BCUT2D eigenvalue weighted by Gasteiger charge is -2.19. The maximum absolute atomic E-state index is 11.5. The molecular weight excluding hydrogens is 252 g/mol. The molecule has 0 saturated heterocycles. The second kappa shape index (κ2) is 7.21. The van der Waals surface area contributed by atoms with E-state index in [4.69, 9.17) is 16.3 Å². The highest BCUT2D eigenvalue weighted by atomic mass is 35.5. The average Bonchev–Trinajstić information content (AvgIpc) is 2.25. The first-order chi connectivity index (χ1) is 8.29. The lowest BCUT2D eigenvalue weighted by Crippen LogP contribution is -2.27. The number of carbonyl (C=O) groups is 1. The summed E-state index contributed by atoms with van der Waals surface area (Å²) < 4.78 is 5.10. The fourth-order valence-corrected chi connectivity index (χ4v) is 1.18. The molecule has 102 valence electrons. The van der Waals surface area contributed by atoms with E-state index in [1.165, 1.54) is 6.20 Å². The zero-order chi connectivity index (χ0) is 14.3. The second-order valence-electron chi connectivity index (χ2n) is 4.39. The third-order valence-corrected chi connectivity index (χ3v) is 2.17. The first kappa shape index (κ1) is 16.7. The Labute approximate surface area is 114 Å². The van der Waals surface area contributed by atoms with Gasteiger partial charge in [0.15, 0.2) is 0 Å². The molecule has 0 spiro atoms. The molecule has 0 aliphatic carbocycles. The van der Waals surface area contributed by atoms with Gasteiger partial charge in [0.05, 0.1) is 0 Å². The normalized spacial score (nSPS) is 10.2. The molecule has 0 aliphatic heterocycles. The van der Waals surface area contributed by atoms with E-state index in [0.29, 0.717) is 10.8 Å². The number of aromatic nitrogens is 1. The van der Waals surface area contributed by atoms with Crippen LogP contribution in [0.1, 0.15) is 40.2 Å². The Bertz CT molecular complexity index is 400. The molecule has 0 fully saturated rings. The van der Waals surface area contributed by atoms with Gasteiger partial charge in [0.25, 0.3) is 0 Å². The molecule has 1 aromatic rings. The standard InChI is InChI=1S/C11H15ClN2O2.C2H6/c1-7-8(12)5-6-13-9(7)14-10(15)16-11(2,3)4;1-2/h5-6H,1-4H3,(H,13,14,15);1-2H3. The highest BCUT2D eigenvalue weighted by Crippen LogP contribution is 2.20. The van der Waals surface area contributed by atoms with Crippen LogP contribution < -0.4 is 5.32 Å². The number of pyridine rings is 1. The number of ether oxygens (including phenoxy) is 1. The summed E-state index contributed by atoms with van der Waals surface area (Å²) in [5.74, 6) is 0.418. The SMILES string of the molecule is CC.Cc1c(Cl)ccnc1NC(=O)OC(C)(C)C. The molecule has 0 bridgehead atoms. The number of rotatable bonds is 1. The fraction of sp³-hybridized carbons (Fsp3) is 0.538. The van der Waals surface area contributed by atoms with Crippen molar-refractivity contribution in [2.24, 2.45) is 0 Å². The third-order valence-electron chi connectivity index (χ3n) is 1.76. The van der Waals surface area contributed by atoms with E-state index >= 15 is 0 Å². The third kappa shape index (κ3) is 5.87. The topological polar surface area (TPSA) is 51.2 Å². The second-order valence-corrected chi connectivity index (χ2v) is 4.80. The van der Waals surface area contributed by atoms with E-state index in [1.54, 1.807) is 33.8 Å². The van der Waals surface area contributed by atoms with E-state index < -0.39 is 11.7 Å². The predicted octanol–water partition coefficient (Wildman–Crippen LogP) is 4.42. The van der Waals surface area contributed by atoms with Crippen LogP contribution in [-0.2, 0) is 4.74 Å². The molecule has 1 amide bonds. The van der Waals surface area contributed by atoms with Crippen LogP contribution in [0.4, 0.5) is 10.6 Å². The Morgan fingerprint density at radius 3 is 2.44 bits per heavy atom. The maximum atomic E-state index is 11.5. The highest BCUT2D eigenvalue weighted by Gasteiger charge is 2.17. The van der Waals surface area contributed by atoms with Gasteiger partial charge in [-0.3, -0.25) is 5.32 Å². The summed E-state index contributed by atoms with van der Waals surface area (Å²) in [6.45, 7) is 11.2. The Balaban J connectivity index is 0.00000137. The molecule has 0 aromatic carbocycles. The number of nitrogens with zero attached hydrogens (tertiary/aromatic N) is 1. The van der Waals surface area contributed by atoms with Crippen molar-refractivity contribution in [3.05, 3.63) is 22.8 Å². The van der Waals surface area contributed by atoms with Gasteiger partial charge in [0, 0.05) is 16.8 Å². The molecule has 1 heterocycles. The predicted molar refractivity (Wildman–Crippen MR) is 75.2 cm³/mol. The molecule has 5 heteroatoms. The molecule has 1 aromatic heterocycles. The summed E-state index contributed by atoms with van der Waals surface area (Å²) >= 11 is 5.90. The molecule has 0 unspecified atom stereocenters. The molecule has 18 heavy (non-hydrogen) atoms. The van der Waals surface area contributed by atoms with E-state index in [1.807, 2.05) is 13.8 Å². The van der Waals surface area contributed by atoms with Crippen molar-refractivity contribution in [1.82, 2.24) is 4.98 Å².